The summed E-state index contributed by atoms with van der Waals surface area (Å²) in [7, 11) is 0.825. The highest BCUT2D eigenvalue weighted by molar-refractivity contribution is 7.84. The maximum Gasteiger partial charge on any atom is 0.242 e. The molecule has 0 aromatic heterocycles. The third kappa shape index (κ3) is 3.27. The lowest BCUT2D eigenvalue weighted by Crippen LogP contribution is -2.52. The summed E-state index contributed by atoms with van der Waals surface area (Å²) in [6.45, 7) is 0.536. The molecule has 1 atom stereocenters. The summed E-state index contributed by atoms with van der Waals surface area (Å²) in [4.78, 5) is 14.9. The highest BCUT2D eigenvalue weighted by Gasteiger charge is 2.38. The fraction of sp³-hybridized carbons (Fsp3) is 0.533. The number of nitrogens with zero attached hydrogens (tertiary/aromatic N) is 1. The van der Waals surface area contributed by atoms with Crippen molar-refractivity contribution >= 4 is 16.7 Å². The Bertz CT molecular complexity index is 507. The van der Waals surface area contributed by atoms with Gasteiger partial charge in [-0.25, -0.2) is 0 Å². The monoisotopic (exact) mass is 294 g/mol. The van der Waals surface area contributed by atoms with Crippen LogP contribution in [0.15, 0.2) is 29.2 Å². The largest absolute Gasteiger partial charge is 0.340 e. The molecule has 5 heteroatoms. The fourth-order valence-electron chi connectivity index (χ4n) is 2.73. The lowest BCUT2D eigenvalue weighted by atomic mass is 9.97. The van der Waals surface area contributed by atoms with Crippen LogP contribution in [0.2, 0.25) is 0 Å². The molecule has 1 aliphatic carbocycles. The average Bonchev–Trinajstić information content (AvgIpc) is 2.86. The van der Waals surface area contributed by atoms with E-state index in [1.54, 1.807) is 18.2 Å². The van der Waals surface area contributed by atoms with Gasteiger partial charge >= 0.3 is 0 Å². The predicted molar refractivity (Wildman–Crippen MR) is 80.6 cm³/mol. The number of amides is 1. The molecule has 0 heterocycles. The predicted octanol–water partition coefficient (Wildman–Crippen LogP) is 1.65. The lowest BCUT2D eigenvalue weighted by molar-refractivity contribution is -0.136. The van der Waals surface area contributed by atoms with Crippen molar-refractivity contribution in [2.75, 3.05) is 13.3 Å². The topological polar surface area (TPSA) is 63.4 Å². The van der Waals surface area contributed by atoms with E-state index in [4.69, 9.17) is 5.73 Å². The second-order valence-electron chi connectivity index (χ2n) is 5.62. The minimum Gasteiger partial charge on any atom is -0.340 e. The molecule has 1 aromatic rings. The van der Waals surface area contributed by atoms with Crippen molar-refractivity contribution in [1.82, 2.24) is 4.90 Å². The molecule has 2 rings (SSSR count). The average molecular weight is 294 g/mol. The van der Waals surface area contributed by atoms with Crippen molar-refractivity contribution in [3.05, 3.63) is 29.8 Å². The van der Waals surface area contributed by atoms with E-state index in [0.717, 1.165) is 36.1 Å². The number of likely N-dealkylation sites (N-methyl/N-ethyl adjacent to an activating group) is 1. The minimum absolute atomic E-state index is 0.0261. The first-order chi connectivity index (χ1) is 9.42. The number of hydrogen-bond acceptors (Lipinski definition) is 3. The Morgan fingerprint density at radius 3 is 2.35 bits per heavy atom. The highest BCUT2D eigenvalue weighted by Crippen LogP contribution is 2.29. The van der Waals surface area contributed by atoms with Crippen LogP contribution in [-0.2, 0) is 22.1 Å². The first-order valence-electron chi connectivity index (χ1n) is 6.89. The van der Waals surface area contributed by atoms with E-state index in [0.29, 0.717) is 6.54 Å². The van der Waals surface area contributed by atoms with E-state index in [2.05, 4.69) is 0 Å². The van der Waals surface area contributed by atoms with Crippen LogP contribution >= 0.6 is 0 Å². The molecule has 1 aliphatic rings. The number of benzene rings is 1. The first kappa shape index (κ1) is 15.2. The first-order valence-corrected chi connectivity index (χ1v) is 8.45. The van der Waals surface area contributed by atoms with Gasteiger partial charge in [0.05, 0.1) is 5.54 Å². The molecular weight excluding hydrogens is 272 g/mol. The minimum atomic E-state index is -0.968. The van der Waals surface area contributed by atoms with E-state index in [1.807, 2.05) is 24.3 Å². The Labute approximate surface area is 122 Å². The Morgan fingerprint density at radius 1 is 1.30 bits per heavy atom. The van der Waals surface area contributed by atoms with Crippen molar-refractivity contribution in [1.29, 1.82) is 0 Å². The SMILES string of the molecule is CN(Cc1ccc(S(C)=O)cc1)C(=O)C1(N)CCCC1. The van der Waals surface area contributed by atoms with Gasteiger partial charge in [-0.1, -0.05) is 25.0 Å². The Hall–Kier alpha value is -1.20. The van der Waals surface area contributed by atoms with Gasteiger partial charge < -0.3 is 10.6 Å². The Kier molecular flexibility index (Phi) is 4.60. The zero-order valence-electron chi connectivity index (χ0n) is 12.1. The number of hydrogen-bond donors (Lipinski definition) is 1. The molecule has 1 saturated carbocycles. The normalized spacial score (nSPS) is 18.8. The zero-order chi connectivity index (χ0) is 14.8. The van der Waals surface area contributed by atoms with Gasteiger partial charge in [-0.05, 0) is 30.5 Å². The van der Waals surface area contributed by atoms with Crippen LogP contribution in [0.5, 0.6) is 0 Å². The molecule has 4 nitrogen and oxygen atoms in total. The smallest absolute Gasteiger partial charge is 0.242 e. The quantitative estimate of drug-likeness (QED) is 0.918. The summed E-state index contributed by atoms with van der Waals surface area (Å²) in [5.41, 5.74) is 6.55. The summed E-state index contributed by atoms with van der Waals surface area (Å²) in [6, 6.07) is 7.52. The van der Waals surface area contributed by atoms with Gasteiger partial charge in [-0.15, -0.1) is 0 Å². The summed E-state index contributed by atoms with van der Waals surface area (Å²) in [6.07, 6.45) is 5.29. The standard InChI is InChI=1S/C15H22N2O2S/c1-17(14(18)15(16)9-3-4-10-15)11-12-5-7-13(8-6-12)20(2)19/h5-8H,3-4,9-11,16H2,1-2H3. The van der Waals surface area contributed by atoms with Crippen LogP contribution in [0.3, 0.4) is 0 Å². The molecule has 1 amide bonds. The van der Waals surface area contributed by atoms with Crippen LogP contribution in [0, 0.1) is 0 Å². The van der Waals surface area contributed by atoms with Crippen molar-refractivity contribution in [3.63, 3.8) is 0 Å². The van der Waals surface area contributed by atoms with E-state index in [1.165, 1.54) is 0 Å². The van der Waals surface area contributed by atoms with E-state index < -0.39 is 16.3 Å². The van der Waals surface area contributed by atoms with Gasteiger partial charge in [0.15, 0.2) is 0 Å². The van der Waals surface area contributed by atoms with Crippen molar-refractivity contribution in [3.8, 4) is 0 Å². The molecule has 0 spiro atoms. The Morgan fingerprint density at radius 2 is 1.85 bits per heavy atom. The second kappa shape index (κ2) is 6.06. The van der Waals surface area contributed by atoms with E-state index >= 15 is 0 Å². The lowest BCUT2D eigenvalue weighted by Gasteiger charge is -2.28. The van der Waals surface area contributed by atoms with Gasteiger partial charge in [0.25, 0.3) is 0 Å². The molecule has 0 bridgehead atoms. The molecule has 0 aliphatic heterocycles. The summed E-state index contributed by atoms with van der Waals surface area (Å²) >= 11 is 0. The maximum atomic E-state index is 12.4. The van der Waals surface area contributed by atoms with Crippen molar-refractivity contribution in [2.45, 2.75) is 42.7 Å². The fourth-order valence-corrected chi connectivity index (χ4v) is 3.25. The van der Waals surface area contributed by atoms with Crippen molar-refractivity contribution < 1.29 is 9.00 Å². The van der Waals surface area contributed by atoms with Crippen LogP contribution in [0.25, 0.3) is 0 Å². The molecule has 0 radical (unpaired) electrons. The maximum absolute atomic E-state index is 12.4. The van der Waals surface area contributed by atoms with Gasteiger partial charge in [0.2, 0.25) is 5.91 Å². The summed E-state index contributed by atoms with van der Waals surface area (Å²) in [5, 5.41) is 0. The van der Waals surface area contributed by atoms with Crippen molar-refractivity contribution in [2.24, 2.45) is 5.73 Å². The highest BCUT2D eigenvalue weighted by atomic mass is 32.2. The molecule has 2 N–H and O–H groups in total. The number of nitrogens with two attached hydrogens (primary N) is 1. The molecule has 0 saturated heterocycles. The van der Waals surface area contributed by atoms with Crippen LogP contribution in [-0.4, -0.2) is 33.9 Å². The number of carbonyl (C=O) groups excluding carboxylic acids is 1. The summed E-state index contributed by atoms with van der Waals surface area (Å²) < 4.78 is 11.3. The number of carbonyl (C=O) groups is 1. The molecular formula is C15H22N2O2S. The third-order valence-electron chi connectivity index (χ3n) is 3.94. The zero-order valence-corrected chi connectivity index (χ0v) is 12.9. The van der Waals surface area contributed by atoms with E-state index in [-0.39, 0.29) is 5.91 Å². The molecule has 20 heavy (non-hydrogen) atoms. The Balaban J connectivity index is 2.02. The summed E-state index contributed by atoms with van der Waals surface area (Å²) in [5.74, 6) is 0.0261. The molecule has 1 fully saturated rings. The van der Waals surface area contributed by atoms with Crippen LogP contribution in [0.1, 0.15) is 31.2 Å². The van der Waals surface area contributed by atoms with Gasteiger partial charge in [-0.3, -0.25) is 9.00 Å². The molecule has 1 unspecified atom stereocenters. The van der Waals surface area contributed by atoms with Gasteiger partial charge in [-0.2, -0.15) is 0 Å². The van der Waals surface area contributed by atoms with Gasteiger partial charge in [0, 0.05) is 35.5 Å². The molecule has 1 aromatic carbocycles. The molecule has 110 valence electrons. The van der Waals surface area contributed by atoms with Crippen LogP contribution in [0.4, 0.5) is 0 Å². The van der Waals surface area contributed by atoms with Crippen LogP contribution < -0.4 is 5.73 Å². The van der Waals surface area contributed by atoms with Gasteiger partial charge in [0.1, 0.15) is 0 Å². The number of rotatable bonds is 4. The third-order valence-corrected chi connectivity index (χ3v) is 4.88. The second-order valence-corrected chi connectivity index (χ2v) is 7.00. The van der Waals surface area contributed by atoms with E-state index in [9.17, 15) is 9.00 Å².